The molecule has 0 saturated carbocycles. The number of aliphatic hydroxyl groups excluding tert-OH is 1. The summed E-state index contributed by atoms with van der Waals surface area (Å²) in [6, 6.07) is 0. The van der Waals surface area contributed by atoms with Gasteiger partial charge in [-0.15, -0.1) is 0 Å². The maximum Gasteiger partial charge on any atom is 0.472 e. The maximum absolute atomic E-state index is 13.1. The fourth-order valence-electron chi connectivity index (χ4n) is 13.0. The molecule has 0 heterocycles. The third kappa shape index (κ3) is 79.4. The minimum Gasteiger partial charge on any atom is -0.462 e. The molecule has 0 aliphatic carbocycles. The molecule has 0 aromatic heterocycles. The average Bonchev–Trinajstić information content (AvgIpc) is 0.914. The summed E-state index contributed by atoms with van der Waals surface area (Å²) in [5, 5.41) is 10.7. The van der Waals surface area contributed by atoms with Crippen LogP contribution >= 0.6 is 15.6 Å². The van der Waals surface area contributed by atoms with Crippen LogP contribution < -0.4 is 0 Å². The van der Waals surface area contributed by atoms with Crippen molar-refractivity contribution < 1.29 is 80.2 Å². The van der Waals surface area contributed by atoms with Gasteiger partial charge >= 0.3 is 39.5 Å². The Balaban J connectivity index is 5.24. The lowest BCUT2D eigenvalue weighted by Crippen LogP contribution is -2.30. The number of esters is 4. The number of hydrogen-bond acceptors (Lipinski definition) is 15. The summed E-state index contributed by atoms with van der Waals surface area (Å²) in [7, 11) is -9.94. The molecule has 5 atom stereocenters. The SMILES string of the molecule is CCCCCC/C=C\C=C/CCCCCCCC(=O)O[C@H](COC(=O)CCCCCCCCCCCC)COP(=O)(O)OC[C@H](O)COP(=O)(O)OC[C@@H](COC(=O)CCCCCCCCCCCCCCCCCCCCC)OC(=O)CCCCCCCCCCCCCCCCCCCCCCC. The highest BCUT2D eigenvalue weighted by molar-refractivity contribution is 7.47. The summed E-state index contributed by atoms with van der Waals surface area (Å²) in [5.74, 6) is -2.13. The van der Waals surface area contributed by atoms with E-state index in [9.17, 15) is 43.2 Å². The van der Waals surface area contributed by atoms with E-state index in [1.807, 2.05) is 0 Å². The van der Waals surface area contributed by atoms with E-state index in [2.05, 4.69) is 52.0 Å². The fourth-order valence-corrected chi connectivity index (χ4v) is 14.6. The second kappa shape index (κ2) is 79.6. The van der Waals surface area contributed by atoms with E-state index in [0.29, 0.717) is 25.7 Å². The third-order valence-corrected chi connectivity index (χ3v) is 21.6. The van der Waals surface area contributed by atoms with Crippen molar-refractivity contribution in [2.75, 3.05) is 39.6 Å². The smallest absolute Gasteiger partial charge is 0.462 e. The average molecular weight is 1530 g/mol. The lowest BCUT2D eigenvalue weighted by molar-refractivity contribution is -0.161. The van der Waals surface area contributed by atoms with E-state index >= 15 is 0 Å². The number of unbranched alkanes of at least 4 members (excludes halogenated alkanes) is 56. The van der Waals surface area contributed by atoms with E-state index in [1.54, 1.807) is 0 Å². The Labute approximate surface area is 643 Å². The molecule has 0 amide bonds. The van der Waals surface area contributed by atoms with Crippen LogP contribution in [0.1, 0.15) is 445 Å². The number of hydrogen-bond donors (Lipinski definition) is 3. The highest BCUT2D eigenvalue weighted by Gasteiger charge is 2.30. The first-order valence-corrected chi connectivity index (χ1v) is 47.1. The first-order valence-electron chi connectivity index (χ1n) is 44.1. The van der Waals surface area contributed by atoms with E-state index in [1.165, 1.54) is 263 Å². The second-order valence-electron chi connectivity index (χ2n) is 30.2. The molecule has 0 aromatic carbocycles. The van der Waals surface area contributed by atoms with Gasteiger partial charge in [0.15, 0.2) is 12.2 Å². The molecule has 0 aliphatic rings. The van der Waals surface area contributed by atoms with Gasteiger partial charge in [-0.05, 0) is 51.4 Å². The van der Waals surface area contributed by atoms with Gasteiger partial charge in [0, 0.05) is 25.7 Å². The molecule has 0 fully saturated rings. The predicted octanol–water partition coefficient (Wildman–Crippen LogP) is 26.1. The van der Waals surface area contributed by atoms with Crippen LogP contribution in [0.3, 0.4) is 0 Å². The Hall–Kier alpha value is -2.46. The topological polar surface area (TPSA) is 237 Å². The van der Waals surface area contributed by atoms with Gasteiger partial charge < -0.3 is 33.8 Å². The zero-order valence-corrected chi connectivity index (χ0v) is 70.0. The van der Waals surface area contributed by atoms with Gasteiger partial charge in [0.2, 0.25) is 0 Å². The van der Waals surface area contributed by atoms with Gasteiger partial charge in [-0.25, -0.2) is 9.13 Å². The van der Waals surface area contributed by atoms with Gasteiger partial charge in [0.1, 0.15) is 19.3 Å². The van der Waals surface area contributed by atoms with Crippen LogP contribution in [0.25, 0.3) is 0 Å². The van der Waals surface area contributed by atoms with Crippen molar-refractivity contribution in [3.63, 3.8) is 0 Å². The molecule has 17 nitrogen and oxygen atoms in total. The first kappa shape index (κ1) is 103. The molecule has 3 N–H and O–H groups in total. The summed E-state index contributed by atoms with van der Waals surface area (Å²) in [4.78, 5) is 73.1. The minimum absolute atomic E-state index is 0.0859. The summed E-state index contributed by atoms with van der Waals surface area (Å²) in [5.41, 5.74) is 0. The number of allylic oxidation sites excluding steroid dienone is 4. The zero-order valence-electron chi connectivity index (χ0n) is 68.2. The van der Waals surface area contributed by atoms with Crippen molar-refractivity contribution in [3.8, 4) is 0 Å². The zero-order chi connectivity index (χ0) is 76.7. The Kier molecular flexibility index (Phi) is 77.8. The van der Waals surface area contributed by atoms with Crippen molar-refractivity contribution in [1.82, 2.24) is 0 Å². The number of carbonyl (C=O) groups excluding carboxylic acids is 4. The third-order valence-electron chi connectivity index (χ3n) is 19.7. The molecule has 0 radical (unpaired) electrons. The summed E-state index contributed by atoms with van der Waals surface area (Å²) >= 11 is 0. The molecule has 620 valence electrons. The van der Waals surface area contributed by atoms with Crippen molar-refractivity contribution >= 4 is 39.5 Å². The monoisotopic (exact) mass is 1530 g/mol. The van der Waals surface area contributed by atoms with Crippen LogP contribution in [-0.4, -0.2) is 96.7 Å². The number of rotatable bonds is 85. The minimum atomic E-state index is -4.97. The molecule has 0 rings (SSSR count). The number of aliphatic hydroxyl groups is 1. The van der Waals surface area contributed by atoms with Crippen LogP contribution in [0.2, 0.25) is 0 Å². The van der Waals surface area contributed by atoms with Gasteiger partial charge in [-0.1, -0.05) is 392 Å². The van der Waals surface area contributed by atoms with Crippen LogP contribution in [0.5, 0.6) is 0 Å². The van der Waals surface area contributed by atoms with Gasteiger partial charge in [0.25, 0.3) is 0 Å². The molecular formula is C86H164O17P2. The predicted molar refractivity (Wildman–Crippen MR) is 432 cm³/mol. The lowest BCUT2D eigenvalue weighted by atomic mass is 10.0. The quantitative estimate of drug-likeness (QED) is 0.0169. The highest BCUT2D eigenvalue weighted by atomic mass is 31.2. The van der Waals surface area contributed by atoms with Gasteiger partial charge in [-0.3, -0.25) is 37.3 Å². The molecule has 0 aromatic rings. The maximum atomic E-state index is 13.1. The van der Waals surface area contributed by atoms with Gasteiger partial charge in [-0.2, -0.15) is 0 Å². The van der Waals surface area contributed by atoms with Crippen molar-refractivity contribution in [2.24, 2.45) is 0 Å². The molecule has 19 heteroatoms. The standard InChI is InChI=1S/C86H164O17P2/c1-5-9-13-17-21-25-29-32-35-37-39-40-42-44-47-50-53-57-61-65-69-73-86(91)103-82(77-97-84(89)71-67-63-59-55-51-48-46-43-41-38-36-33-30-26-22-18-14-10-6-2)79-101-105(94,95)99-75-80(87)74-98-104(92,93)100-78-81(76-96-83(88)70-66-62-58-54-28-24-20-16-12-8-4)102-85(90)72-68-64-60-56-52-49-45-34-31-27-23-19-15-11-7-3/h27,31,34,45,80-82,87H,5-26,28-30,32-33,35-44,46-79H2,1-4H3,(H,92,93)(H,94,95)/b31-27-,45-34-/t80-,81+,82+/m0/s1. The summed E-state index contributed by atoms with van der Waals surface area (Å²) in [6.45, 7) is 4.98. The highest BCUT2D eigenvalue weighted by Crippen LogP contribution is 2.45. The molecule has 0 spiro atoms. The molecule has 0 saturated heterocycles. The normalized spacial score (nSPS) is 13.9. The molecule has 0 aliphatic heterocycles. The van der Waals surface area contributed by atoms with E-state index in [-0.39, 0.29) is 25.7 Å². The van der Waals surface area contributed by atoms with Gasteiger partial charge in [0.05, 0.1) is 26.4 Å². The second-order valence-corrected chi connectivity index (χ2v) is 33.1. The molecule has 2 unspecified atom stereocenters. The Bertz CT molecular complexity index is 2080. The largest absolute Gasteiger partial charge is 0.472 e. The van der Waals surface area contributed by atoms with Crippen LogP contribution in [0.15, 0.2) is 24.3 Å². The van der Waals surface area contributed by atoms with E-state index in [4.69, 9.17) is 37.0 Å². The van der Waals surface area contributed by atoms with E-state index in [0.717, 1.165) is 103 Å². The summed E-state index contributed by atoms with van der Waals surface area (Å²) in [6.07, 6.45) is 77.3. The number of phosphoric ester groups is 2. The number of carbonyl (C=O) groups is 4. The molecule has 0 bridgehead atoms. The first-order chi connectivity index (χ1) is 51.2. The Morgan fingerprint density at radius 3 is 0.695 bits per heavy atom. The molecule has 105 heavy (non-hydrogen) atoms. The van der Waals surface area contributed by atoms with Crippen molar-refractivity contribution in [3.05, 3.63) is 24.3 Å². The van der Waals surface area contributed by atoms with Crippen LogP contribution in [-0.2, 0) is 65.4 Å². The molecular weight excluding hydrogens is 1370 g/mol. The fraction of sp³-hybridized carbons (Fsp3) is 0.907. The van der Waals surface area contributed by atoms with E-state index < -0.39 is 97.5 Å². The lowest BCUT2D eigenvalue weighted by Gasteiger charge is -2.21. The van der Waals surface area contributed by atoms with Crippen LogP contribution in [0.4, 0.5) is 0 Å². The van der Waals surface area contributed by atoms with Crippen LogP contribution in [0, 0.1) is 0 Å². The van der Waals surface area contributed by atoms with Crippen molar-refractivity contribution in [1.29, 1.82) is 0 Å². The summed E-state index contributed by atoms with van der Waals surface area (Å²) < 4.78 is 68.8. The number of ether oxygens (including phenoxy) is 4. The number of phosphoric acid groups is 2. The Morgan fingerprint density at radius 1 is 0.267 bits per heavy atom. The Morgan fingerprint density at radius 2 is 0.457 bits per heavy atom. The van der Waals surface area contributed by atoms with Crippen molar-refractivity contribution in [2.45, 2.75) is 463 Å².